The zero-order valence-electron chi connectivity index (χ0n) is 10.3. The van der Waals surface area contributed by atoms with Crippen molar-refractivity contribution in [1.29, 1.82) is 0 Å². The molecule has 0 bridgehead atoms. The monoisotopic (exact) mass is 239 g/mol. The van der Waals surface area contributed by atoms with Gasteiger partial charge in [0.1, 0.15) is 5.75 Å². The second kappa shape index (κ2) is 7.58. The molecule has 1 saturated heterocycles. The zero-order chi connectivity index (χ0) is 11.8. The summed E-state index contributed by atoms with van der Waals surface area (Å²) in [4.78, 5) is 1.26. The summed E-state index contributed by atoms with van der Waals surface area (Å²) in [5.41, 5.74) is 0. The Kier molecular flexibility index (Phi) is 6.34. The molecule has 1 heterocycles. The molecule has 90 valence electrons. The predicted molar refractivity (Wildman–Crippen MR) is 71.4 cm³/mol. The van der Waals surface area contributed by atoms with Gasteiger partial charge in [0, 0.05) is 4.90 Å². The molecule has 1 aromatic carbocycles. The lowest BCUT2D eigenvalue weighted by atomic mass is 10.2. The number of benzene rings is 1. The van der Waals surface area contributed by atoms with E-state index >= 15 is 0 Å². The number of thioether (sulfide) groups is 1. The Hall–Kier alpha value is -0.670. The molecule has 1 aliphatic rings. The standard InChI is InChI=1S/C8H10OS.C5H11N/c1-9-7-3-5-8(10-2)6-4-7;1-5-2-3-6-4-5/h3-6H,1-2H3;5-6H,2-4H2,1H3. The van der Waals surface area contributed by atoms with Crippen molar-refractivity contribution in [2.45, 2.75) is 18.2 Å². The highest BCUT2D eigenvalue weighted by molar-refractivity contribution is 7.98. The predicted octanol–water partition coefficient (Wildman–Crippen LogP) is 3.03. The molecule has 1 N–H and O–H groups in total. The van der Waals surface area contributed by atoms with E-state index in [-0.39, 0.29) is 0 Å². The van der Waals surface area contributed by atoms with Crippen molar-refractivity contribution in [3.8, 4) is 5.75 Å². The van der Waals surface area contributed by atoms with Gasteiger partial charge in [-0.25, -0.2) is 0 Å². The number of methoxy groups -OCH3 is 1. The van der Waals surface area contributed by atoms with Gasteiger partial charge in [0.05, 0.1) is 7.11 Å². The molecular weight excluding hydrogens is 218 g/mol. The minimum atomic E-state index is 0.915. The third-order valence-corrected chi connectivity index (χ3v) is 3.35. The highest BCUT2D eigenvalue weighted by atomic mass is 32.2. The first-order chi connectivity index (χ1) is 7.76. The molecule has 0 spiro atoms. The van der Waals surface area contributed by atoms with Crippen molar-refractivity contribution in [3.63, 3.8) is 0 Å². The number of rotatable bonds is 2. The molecule has 3 heteroatoms. The van der Waals surface area contributed by atoms with E-state index in [1.165, 1.54) is 24.4 Å². The first kappa shape index (κ1) is 13.4. The number of nitrogens with one attached hydrogen (secondary N) is 1. The summed E-state index contributed by atoms with van der Waals surface area (Å²) in [6.07, 6.45) is 3.43. The van der Waals surface area contributed by atoms with E-state index in [2.05, 4.69) is 18.5 Å². The molecule has 0 saturated carbocycles. The molecule has 1 atom stereocenters. The van der Waals surface area contributed by atoms with Gasteiger partial charge in [-0.1, -0.05) is 6.92 Å². The molecule has 16 heavy (non-hydrogen) atoms. The van der Waals surface area contributed by atoms with Crippen LogP contribution in [0.25, 0.3) is 0 Å². The Labute approximate surface area is 103 Å². The van der Waals surface area contributed by atoms with E-state index in [1.807, 2.05) is 24.3 Å². The normalized spacial score (nSPS) is 18.8. The van der Waals surface area contributed by atoms with E-state index < -0.39 is 0 Å². The van der Waals surface area contributed by atoms with Crippen LogP contribution in [0.5, 0.6) is 5.75 Å². The Balaban J connectivity index is 0.000000181. The molecule has 1 aliphatic heterocycles. The van der Waals surface area contributed by atoms with E-state index in [1.54, 1.807) is 18.9 Å². The molecular formula is C13H21NOS. The fraction of sp³-hybridized carbons (Fsp3) is 0.538. The second-order valence-electron chi connectivity index (χ2n) is 3.98. The van der Waals surface area contributed by atoms with Crippen LogP contribution >= 0.6 is 11.8 Å². The molecule has 1 fully saturated rings. The average Bonchev–Trinajstić information content (AvgIpc) is 2.81. The van der Waals surface area contributed by atoms with Gasteiger partial charge in [-0.15, -0.1) is 11.8 Å². The van der Waals surface area contributed by atoms with Crippen LogP contribution in [-0.2, 0) is 0 Å². The van der Waals surface area contributed by atoms with Gasteiger partial charge in [-0.3, -0.25) is 0 Å². The van der Waals surface area contributed by atoms with Crippen LogP contribution in [0.3, 0.4) is 0 Å². The summed E-state index contributed by atoms with van der Waals surface area (Å²) >= 11 is 1.73. The summed E-state index contributed by atoms with van der Waals surface area (Å²) < 4.78 is 5.00. The van der Waals surface area contributed by atoms with Crippen LogP contribution in [0.1, 0.15) is 13.3 Å². The van der Waals surface area contributed by atoms with E-state index in [9.17, 15) is 0 Å². The lowest BCUT2D eigenvalue weighted by Crippen LogP contribution is -2.06. The summed E-state index contributed by atoms with van der Waals surface area (Å²) in [7, 11) is 1.67. The third kappa shape index (κ3) is 4.90. The molecule has 2 rings (SSSR count). The topological polar surface area (TPSA) is 21.3 Å². The molecule has 1 aromatic rings. The van der Waals surface area contributed by atoms with Gasteiger partial charge in [0.25, 0.3) is 0 Å². The van der Waals surface area contributed by atoms with Crippen molar-refractivity contribution >= 4 is 11.8 Å². The Bertz CT molecular complexity index is 257. The van der Waals surface area contributed by atoms with E-state index in [4.69, 9.17) is 4.74 Å². The van der Waals surface area contributed by atoms with Crippen LogP contribution in [0, 0.1) is 5.92 Å². The molecule has 1 unspecified atom stereocenters. The van der Waals surface area contributed by atoms with Gasteiger partial charge in [-0.05, 0) is 55.9 Å². The van der Waals surface area contributed by atoms with Crippen LogP contribution < -0.4 is 10.1 Å². The summed E-state index contributed by atoms with van der Waals surface area (Å²) in [5.74, 6) is 1.85. The SMILES string of the molecule is CC1CCNC1.COc1ccc(SC)cc1. The summed E-state index contributed by atoms with van der Waals surface area (Å²) in [6, 6.07) is 8.02. The lowest BCUT2D eigenvalue weighted by Gasteiger charge is -1.98. The second-order valence-corrected chi connectivity index (χ2v) is 4.86. The Morgan fingerprint density at radius 1 is 1.31 bits per heavy atom. The quantitative estimate of drug-likeness (QED) is 0.802. The van der Waals surface area contributed by atoms with Gasteiger partial charge in [0.2, 0.25) is 0 Å². The van der Waals surface area contributed by atoms with Crippen LogP contribution in [0.15, 0.2) is 29.2 Å². The highest BCUT2D eigenvalue weighted by Crippen LogP contribution is 2.18. The van der Waals surface area contributed by atoms with Gasteiger partial charge < -0.3 is 10.1 Å². The van der Waals surface area contributed by atoms with Gasteiger partial charge in [0.15, 0.2) is 0 Å². The molecule has 0 amide bonds. The lowest BCUT2D eigenvalue weighted by molar-refractivity contribution is 0.414. The minimum Gasteiger partial charge on any atom is -0.497 e. The zero-order valence-corrected chi connectivity index (χ0v) is 11.1. The van der Waals surface area contributed by atoms with Crippen LogP contribution in [0.4, 0.5) is 0 Å². The average molecular weight is 239 g/mol. The first-order valence-electron chi connectivity index (χ1n) is 5.65. The maximum atomic E-state index is 5.00. The largest absolute Gasteiger partial charge is 0.497 e. The van der Waals surface area contributed by atoms with E-state index in [0.29, 0.717) is 0 Å². The fourth-order valence-electron chi connectivity index (χ4n) is 1.51. The van der Waals surface area contributed by atoms with Crippen molar-refractivity contribution < 1.29 is 4.74 Å². The smallest absolute Gasteiger partial charge is 0.118 e. The first-order valence-corrected chi connectivity index (χ1v) is 6.87. The molecule has 0 aliphatic carbocycles. The van der Waals surface area contributed by atoms with Crippen molar-refractivity contribution in [2.75, 3.05) is 26.5 Å². The Morgan fingerprint density at radius 2 is 2.00 bits per heavy atom. The van der Waals surface area contributed by atoms with Gasteiger partial charge in [-0.2, -0.15) is 0 Å². The molecule has 2 nitrogen and oxygen atoms in total. The fourth-order valence-corrected chi connectivity index (χ4v) is 1.92. The van der Waals surface area contributed by atoms with E-state index in [0.717, 1.165) is 11.7 Å². The van der Waals surface area contributed by atoms with Crippen molar-refractivity contribution in [3.05, 3.63) is 24.3 Å². The Morgan fingerprint density at radius 3 is 2.31 bits per heavy atom. The number of hydrogen-bond donors (Lipinski definition) is 1. The third-order valence-electron chi connectivity index (χ3n) is 2.60. The van der Waals surface area contributed by atoms with Crippen LogP contribution in [0.2, 0.25) is 0 Å². The number of hydrogen-bond acceptors (Lipinski definition) is 3. The number of ether oxygens (including phenoxy) is 1. The van der Waals surface area contributed by atoms with Crippen molar-refractivity contribution in [2.24, 2.45) is 5.92 Å². The van der Waals surface area contributed by atoms with Crippen LogP contribution in [-0.4, -0.2) is 26.5 Å². The summed E-state index contributed by atoms with van der Waals surface area (Å²) in [5, 5.41) is 3.27. The maximum Gasteiger partial charge on any atom is 0.118 e. The van der Waals surface area contributed by atoms with Crippen molar-refractivity contribution in [1.82, 2.24) is 5.32 Å². The van der Waals surface area contributed by atoms with Gasteiger partial charge >= 0.3 is 0 Å². The minimum absolute atomic E-state index is 0.915. The molecule has 0 radical (unpaired) electrons. The highest BCUT2D eigenvalue weighted by Gasteiger charge is 2.06. The molecule has 0 aromatic heterocycles. The maximum absolute atomic E-state index is 5.00. The summed E-state index contributed by atoms with van der Waals surface area (Å²) in [6.45, 7) is 4.75.